The van der Waals surface area contributed by atoms with Gasteiger partial charge in [-0.05, 0) is 25.0 Å². The fourth-order valence-electron chi connectivity index (χ4n) is 0.999. The quantitative estimate of drug-likeness (QED) is 0.708. The summed E-state index contributed by atoms with van der Waals surface area (Å²) in [5, 5.41) is 0.522. The van der Waals surface area contributed by atoms with Crippen LogP contribution in [0.1, 0.15) is 32.0 Å². The second-order valence-corrected chi connectivity index (χ2v) is 2.84. The van der Waals surface area contributed by atoms with E-state index in [9.17, 15) is 0 Å². The van der Waals surface area contributed by atoms with Crippen molar-refractivity contribution in [1.29, 1.82) is 0 Å². The molecule has 1 rings (SSSR count). The van der Waals surface area contributed by atoms with Crippen LogP contribution in [-0.2, 0) is 6.42 Å². The van der Waals surface area contributed by atoms with E-state index in [1.807, 2.05) is 33.8 Å². The van der Waals surface area contributed by atoms with Gasteiger partial charge in [0.1, 0.15) is 5.15 Å². The van der Waals surface area contributed by atoms with Crippen molar-refractivity contribution in [3.05, 3.63) is 22.5 Å². The number of hydrogen-bond donors (Lipinski definition) is 1. The Balaban J connectivity index is 0.000000671. The van der Waals surface area contributed by atoms with E-state index in [-0.39, 0.29) is 0 Å². The highest BCUT2D eigenvalue weighted by atomic mass is 35.5. The fourth-order valence-corrected chi connectivity index (χ4v) is 1.26. The van der Waals surface area contributed by atoms with Gasteiger partial charge in [-0.25, -0.2) is 4.98 Å². The van der Waals surface area contributed by atoms with Crippen LogP contribution in [0.2, 0.25) is 5.15 Å². The van der Waals surface area contributed by atoms with E-state index < -0.39 is 0 Å². The Morgan fingerprint density at radius 2 is 2.00 bits per heavy atom. The van der Waals surface area contributed by atoms with E-state index in [0.29, 0.717) is 5.15 Å². The molecule has 13 heavy (non-hydrogen) atoms. The number of aromatic nitrogens is 1. The lowest BCUT2D eigenvalue weighted by molar-refractivity contribution is 1.10. The Hall–Kier alpha value is -0.760. The minimum absolute atomic E-state index is 0.522. The van der Waals surface area contributed by atoms with Crippen molar-refractivity contribution in [2.75, 3.05) is 5.73 Å². The first-order chi connectivity index (χ1) is 6.15. The molecular weight excluding hydrogens is 184 g/mol. The first-order valence-corrected chi connectivity index (χ1v) is 4.94. The third-order valence-electron chi connectivity index (χ3n) is 1.68. The van der Waals surface area contributed by atoms with E-state index in [2.05, 4.69) is 4.98 Å². The normalized spacial score (nSPS) is 9.00. The zero-order valence-corrected chi connectivity index (χ0v) is 9.44. The SMILES string of the molecule is CC.CCc1cc(Cl)nc(C)c1N. The summed E-state index contributed by atoms with van der Waals surface area (Å²) in [4.78, 5) is 4.02. The summed E-state index contributed by atoms with van der Waals surface area (Å²) < 4.78 is 0. The Labute approximate surface area is 85.1 Å². The maximum Gasteiger partial charge on any atom is 0.129 e. The molecular formula is C10H17ClN2. The fraction of sp³-hybridized carbons (Fsp3) is 0.500. The maximum atomic E-state index is 5.74. The van der Waals surface area contributed by atoms with Gasteiger partial charge in [0.05, 0.1) is 11.4 Å². The molecule has 0 aromatic carbocycles. The summed E-state index contributed by atoms with van der Waals surface area (Å²) in [6, 6.07) is 1.81. The van der Waals surface area contributed by atoms with Gasteiger partial charge in [0.15, 0.2) is 0 Å². The first kappa shape index (κ1) is 12.2. The van der Waals surface area contributed by atoms with Crippen LogP contribution < -0.4 is 5.73 Å². The number of nitrogens with two attached hydrogens (primary N) is 1. The first-order valence-electron chi connectivity index (χ1n) is 4.56. The predicted octanol–water partition coefficient (Wildman–Crippen LogP) is 3.21. The number of aryl methyl sites for hydroxylation is 2. The van der Waals surface area contributed by atoms with Crippen LogP contribution >= 0.6 is 11.6 Å². The molecule has 0 unspecified atom stereocenters. The predicted molar refractivity (Wildman–Crippen MR) is 59.1 cm³/mol. The van der Waals surface area contributed by atoms with Crippen molar-refractivity contribution in [1.82, 2.24) is 4.98 Å². The molecule has 1 heterocycles. The van der Waals surface area contributed by atoms with Gasteiger partial charge in [0, 0.05) is 0 Å². The zero-order chi connectivity index (χ0) is 10.4. The highest BCUT2D eigenvalue weighted by molar-refractivity contribution is 6.29. The average Bonchev–Trinajstić information content (AvgIpc) is 2.14. The Morgan fingerprint density at radius 3 is 2.46 bits per heavy atom. The third kappa shape index (κ3) is 3.23. The van der Waals surface area contributed by atoms with Gasteiger partial charge >= 0.3 is 0 Å². The number of anilines is 1. The van der Waals surface area contributed by atoms with Crippen LogP contribution in [-0.4, -0.2) is 4.98 Å². The second kappa shape index (κ2) is 5.81. The van der Waals surface area contributed by atoms with E-state index in [4.69, 9.17) is 17.3 Å². The minimum atomic E-state index is 0.522. The molecule has 0 aliphatic rings. The Bertz CT molecular complexity index is 272. The van der Waals surface area contributed by atoms with E-state index in [1.165, 1.54) is 0 Å². The summed E-state index contributed by atoms with van der Waals surface area (Å²) in [6.07, 6.45) is 0.898. The molecule has 0 amide bonds. The molecule has 0 bridgehead atoms. The van der Waals surface area contributed by atoms with Crippen LogP contribution in [0, 0.1) is 6.92 Å². The van der Waals surface area contributed by atoms with Crippen LogP contribution in [0.5, 0.6) is 0 Å². The number of pyridine rings is 1. The van der Waals surface area contributed by atoms with Crippen LogP contribution in [0.4, 0.5) is 5.69 Å². The second-order valence-electron chi connectivity index (χ2n) is 2.46. The van der Waals surface area contributed by atoms with Crippen molar-refractivity contribution in [2.45, 2.75) is 34.1 Å². The molecule has 0 aliphatic heterocycles. The molecule has 0 fully saturated rings. The van der Waals surface area contributed by atoms with Gasteiger partial charge in [-0.3, -0.25) is 0 Å². The summed E-state index contributed by atoms with van der Waals surface area (Å²) in [6.45, 7) is 7.90. The largest absolute Gasteiger partial charge is 0.397 e. The minimum Gasteiger partial charge on any atom is -0.397 e. The Morgan fingerprint density at radius 1 is 1.46 bits per heavy atom. The number of hydrogen-bond acceptors (Lipinski definition) is 2. The Kier molecular flexibility index (Phi) is 5.47. The van der Waals surface area contributed by atoms with Gasteiger partial charge < -0.3 is 5.73 Å². The summed E-state index contributed by atoms with van der Waals surface area (Å²) in [7, 11) is 0. The molecule has 0 atom stereocenters. The standard InChI is InChI=1S/C8H11ClN2.C2H6/c1-3-6-4-7(9)11-5(2)8(6)10;1-2/h4H,3,10H2,1-2H3;1-2H3. The highest BCUT2D eigenvalue weighted by Crippen LogP contribution is 2.19. The van der Waals surface area contributed by atoms with Crippen molar-refractivity contribution < 1.29 is 0 Å². The van der Waals surface area contributed by atoms with Crippen molar-refractivity contribution in [2.24, 2.45) is 0 Å². The average molecular weight is 201 g/mol. The number of nitrogen functional groups attached to an aromatic ring is 1. The summed E-state index contributed by atoms with van der Waals surface area (Å²) in [5.74, 6) is 0. The molecule has 3 heteroatoms. The molecule has 1 aromatic heterocycles. The molecule has 2 N–H and O–H groups in total. The lowest BCUT2D eigenvalue weighted by Gasteiger charge is -2.05. The topological polar surface area (TPSA) is 38.9 Å². The van der Waals surface area contributed by atoms with Crippen molar-refractivity contribution in [3.63, 3.8) is 0 Å². The number of halogens is 1. The zero-order valence-electron chi connectivity index (χ0n) is 8.69. The summed E-state index contributed by atoms with van der Waals surface area (Å²) in [5.41, 5.74) is 8.39. The van der Waals surface area contributed by atoms with Crippen LogP contribution in [0.15, 0.2) is 6.07 Å². The van der Waals surface area contributed by atoms with Crippen molar-refractivity contribution >= 4 is 17.3 Å². The van der Waals surface area contributed by atoms with Gasteiger partial charge in [0.25, 0.3) is 0 Å². The van der Waals surface area contributed by atoms with E-state index in [1.54, 1.807) is 0 Å². The number of rotatable bonds is 1. The number of nitrogens with zero attached hydrogens (tertiary/aromatic N) is 1. The van der Waals surface area contributed by atoms with Gasteiger partial charge in [-0.2, -0.15) is 0 Å². The molecule has 0 spiro atoms. The van der Waals surface area contributed by atoms with E-state index >= 15 is 0 Å². The molecule has 0 aliphatic carbocycles. The monoisotopic (exact) mass is 200 g/mol. The van der Waals surface area contributed by atoms with Gasteiger partial charge in [-0.1, -0.05) is 32.4 Å². The van der Waals surface area contributed by atoms with Crippen LogP contribution in [0.3, 0.4) is 0 Å². The van der Waals surface area contributed by atoms with Crippen molar-refractivity contribution in [3.8, 4) is 0 Å². The van der Waals surface area contributed by atoms with Gasteiger partial charge in [0.2, 0.25) is 0 Å². The van der Waals surface area contributed by atoms with E-state index in [0.717, 1.165) is 23.4 Å². The smallest absolute Gasteiger partial charge is 0.129 e. The third-order valence-corrected chi connectivity index (χ3v) is 1.88. The molecule has 0 saturated carbocycles. The molecule has 0 saturated heterocycles. The molecule has 1 aromatic rings. The molecule has 74 valence electrons. The molecule has 0 radical (unpaired) electrons. The summed E-state index contributed by atoms with van der Waals surface area (Å²) >= 11 is 5.73. The van der Waals surface area contributed by atoms with Crippen LogP contribution in [0.25, 0.3) is 0 Å². The maximum absolute atomic E-state index is 5.74. The van der Waals surface area contributed by atoms with Gasteiger partial charge in [-0.15, -0.1) is 0 Å². The molecule has 2 nitrogen and oxygen atoms in total. The lowest BCUT2D eigenvalue weighted by atomic mass is 10.1. The lowest BCUT2D eigenvalue weighted by Crippen LogP contribution is -1.98. The highest BCUT2D eigenvalue weighted by Gasteiger charge is 2.02.